The summed E-state index contributed by atoms with van der Waals surface area (Å²) in [5.41, 5.74) is 32.2. The lowest BCUT2D eigenvalue weighted by Crippen LogP contribution is -2.15. The topological polar surface area (TPSA) is 40.8 Å². The Morgan fingerprint density at radius 3 is 0.733 bits per heavy atom. The molecule has 3 heterocycles. The van der Waals surface area contributed by atoms with Gasteiger partial charge in [-0.25, -0.2) is 0 Å². The van der Waals surface area contributed by atoms with Gasteiger partial charge < -0.3 is 19.4 Å². The number of hydrogen-bond donors (Lipinski definition) is 1. The summed E-state index contributed by atoms with van der Waals surface area (Å²) >= 11 is 0. The quantitative estimate of drug-likeness (QED) is 0.159. The summed E-state index contributed by atoms with van der Waals surface area (Å²) < 4.78 is 7.80. The van der Waals surface area contributed by atoms with Crippen LogP contribution >= 0.6 is 0 Å². The summed E-state index contributed by atoms with van der Waals surface area (Å²) in [6, 6.07) is 86.6. The molecule has 424 valence electrons. The largest absolute Gasteiger partial charge is 0.398 e. The van der Waals surface area contributed by atoms with Crippen molar-refractivity contribution < 1.29 is 0 Å². The molecular formula is C82H76N4. The van der Waals surface area contributed by atoms with Crippen LogP contribution < -0.4 is 5.73 Å². The Morgan fingerprint density at radius 2 is 0.465 bits per heavy atom. The van der Waals surface area contributed by atoms with E-state index in [-0.39, 0.29) is 21.7 Å². The van der Waals surface area contributed by atoms with Gasteiger partial charge in [-0.05, 0) is 150 Å². The van der Waals surface area contributed by atoms with E-state index < -0.39 is 0 Å². The third kappa shape index (κ3) is 8.95. The van der Waals surface area contributed by atoms with E-state index in [1.807, 2.05) is 0 Å². The standard InChI is InChI=1S/C82H76N4/c1-79(2,3)57-35-41-69-63(47-57)64-48-58(80(4,5)6)36-42-70(64)84(69)76-73(53-29-21-15-22-30-53)75(83)74(54-31-23-16-24-32-54)77(85-71-43-37-59(81(7,8)9)49-65(71)66-50-60(82(10,11)12)38-44-72(66)85)78(76)86-67-39-33-55(51-25-17-13-18-26-51)45-61(67)62-46-56(34-40-68(62)86)52-27-19-14-20-28-52/h13-50H,83H2,1-12H3. The Morgan fingerprint density at radius 1 is 0.233 bits per heavy atom. The van der Waals surface area contributed by atoms with Gasteiger partial charge in [0.25, 0.3) is 0 Å². The van der Waals surface area contributed by atoms with Gasteiger partial charge in [0.05, 0.1) is 55.8 Å². The van der Waals surface area contributed by atoms with Gasteiger partial charge in [-0.3, -0.25) is 0 Å². The summed E-state index contributed by atoms with van der Waals surface area (Å²) in [5, 5.41) is 7.15. The Balaban J connectivity index is 1.30. The predicted molar refractivity (Wildman–Crippen MR) is 370 cm³/mol. The highest BCUT2D eigenvalue weighted by molar-refractivity contribution is 6.18. The molecule has 0 atom stereocenters. The monoisotopic (exact) mass is 1120 g/mol. The molecule has 0 spiro atoms. The Bertz CT molecular complexity index is 4530. The summed E-state index contributed by atoms with van der Waals surface area (Å²) in [6.45, 7) is 27.9. The number of fused-ring (bicyclic) bond motifs is 9. The normalized spacial score (nSPS) is 12.7. The van der Waals surface area contributed by atoms with Crippen molar-refractivity contribution in [1.29, 1.82) is 0 Å². The van der Waals surface area contributed by atoms with Crippen LogP contribution in [0.2, 0.25) is 0 Å². The van der Waals surface area contributed by atoms with E-state index in [4.69, 9.17) is 5.73 Å². The molecule has 0 unspecified atom stereocenters. The molecule has 4 nitrogen and oxygen atoms in total. The first-order valence-corrected chi connectivity index (χ1v) is 30.6. The molecule has 86 heavy (non-hydrogen) atoms. The van der Waals surface area contributed by atoms with Crippen molar-refractivity contribution >= 4 is 71.1 Å². The highest BCUT2D eigenvalue weighted by Crippen LogP contribution is 2.54. The summed E-state index contributed by atoms with van der Waals surface area (Å²) in [7, 11) is 0. The summed E-state index contributed by atoms with van der Waals surface area (Å²) in [6.07, 6.45) is 0. The lowest BCUT2D eigenvalue weighted by Gasteiger charge is -2.29. The molecule has 0 saturated heterocycles. The minimum absolute atomic E-state index is 0.101. The molecule has 0 radical (unpaired) electrons. The third-order valence-electron chi connectivity index (χ3n) is 18.2. The molecule has 0 aliphatic rings. The van der Waals surface area contributed by atoms with Gasteiger partial charge in [-0.15, -0.1) is 0 Å². The lowest BCUT2D eigenvalue weighted by atomic mass is 9.85. The fraction of sp³-hybridized carbons (Fsp3) is 0.195. The number of nitrogen functional groups attached to an aromatic ring is 1. The molecule has 0 aliphatic carbocycles. The van der Waals surface area contributed by atoms with E-state index in [1.54, 1.807) is 0 Å². The average molecular weight is 1120 g/mol. The molecule has 0 aliphatic heterocycles. The van der Waals surface area contributed by atoms with Crippen LogP contribution in [0.4, 0.5) is 5.69 Å². The van der Waals surface area contributed by atoms with Gasteiger partial charge in [-0.2, -0.15) is 0 Å². The molecular weight excluding hydrogens is 1040 g/mol. The highest BCUT2D eigenvalue weighted by atomic mass is 15.1. The van der Waals surface area contributed by atoms with Crippen LogP contribution in [-0.2, 0) is 21.7 Å². The number of nitrogens with two attached hydrogens (primary N) is 1. The minimum atomic E-state index is -0.101. The zero-order valence-corrected chi connectivity index (χ0v) is 51.9. The minimum Gasteiger partial charge on any atom is -0.398 e. The van der Waals surface area contributed by atoms with Crippen LogP contribution in [0.3, 0.4) is 0 Å². The Hall–Kier alpha value is -9.38. The second-order valence-electron chi connectivity index (χ2n) is 28.1. The van der Waals surface area contributed by atoms with Crippen molar-refractivity contribution in [2.75, 3.05) is 5.73 Å². The van der Waals surface area contributed by atoms with E-state index in [1.165, 1.54) is 54.9 Å². The van der Waals surface area contributed by atoms with E-state index in [0.717, 1.165) is 94.3 Å². The molecule has 0 bridgehead atoms. The van der Waals surface area contributed by atoms with Crippen LogP contribution in [0, 0.1) is 0 Å². The van der Waals surface area contributed by atoms with Crippen molar-refractivity contribution in [1.82, 2.24) is 13.7 Å². The van der Waals surface area contributed by atoms with Gasteiger partial charge in [0.1, 0.15) is 0 Å². The van der Waals surface area contributed by atoms with Gasteiger partial charge in [0.2, 0.25) is 0 Å². The van der Waals surface area contributed by atoms with Crippen LogP contribution in [-0.4, -0.2) is 13.7 Å². The number of aromatic nitrogens is 3. The van der Waals surface area contributed by atoms with Crippen molar-refractivity contribution in [3.63, 3.8) is 0 Å². The maximum absolute atomic E-state index is 8.44. The number of nitrogens with zero attached hydrogens (tertiary/aromatic N) is 3. The van der Waals surface area contributed by atoms with Crippen molar-refractivity contribution in [2.24, 2.45) is 0 Å². The molecule has 14 aromatic rings. The molecule has 0 saturated carbocycles. The number of rotatable bonds is 7. The van der Waals surface area contributed by atoms with E-state index in [2.05, 4.69) is 327 Å². The second kappa shape index (κ2) is 19.9. The van der Waals surface area contributed by atoms with Crippen LogP contribution in [0.5, 0.6) is 0 Å². The van der Waals surface area contributed by atoms with Crippen molar-refractivity contribution in [3.05, 3.63) is 253 Å². The molecule has 2 N–H and O–H groups in total. The first-order valence-electron chi connectivity index (χ1n) is 30.6. The van der Waals surface area contributed by atoms with Crippen LogP contribution in [0.1, 0.15) is 105 Å². The molecule has 0 amide bonds. The fourth-order valence-electron chi connectivity index (χ4n) is 13.4. The number of hydrogen-bond acceptors (Lipinski definition) is 1. The molecule has 11 aromatic carbocycles. The number of benzene rings is 11. The Kier molecular flexibility index (Phi) is 12.6. The molecule has 14 rings (SSSR count). The maximum atomic E-state index is 8.44. The van der Waals surface area contributed by atoms with Crippen LogP contribution in [0.15, 0.2) is 231 Å². The predicted octanol–water partition coefficient (Wildman–Crippen LogP) is 22.4. The van der Waals surface area contributed by atoms with Crippen LogP contribution in [0.25, 0.3) is 127 Å². The summed E-state index contributed by atoms with van der Waals surface area (Å²) in [5.74, 6) is 0. The SMILES string of the molecule is CC(C)(C)c1ccc2c(c1)c1cc(C(C)(C)C)ccc1n2-c1c(-c2ccccc2)c(N)c(-c2ccccc2)c(-n2c3ccc(C(C)(C)C)cc3c3cc(C(C)(C)C)ccc32)c1-n1c2ccc(-c3ccccc3)cc2c2cc(-c3ccccc3)ccc21. The second-order valence-corrected chi connectivity index (χ2v) is 28.1. The van der Waals surface area contributed by atoms with E-state index in [9.17, 15) is 0 Å². The van der Waals surface area contributed by atoms with Gasteiger partial charge in [0.15, 0.2) is 0 Å². The van der Waals surface area contributed by atoms with Crippen molar-refractivity contribution in [2.45, 2.75) is 105 Å². The smallest absolute Gasteiger partial charge is 0.0961 e. The number of anilines is 1. The third-order valence-corrected chi connectivity index (χ3v) is 18.2. The highest BCUT2D eigenvalue weighted by Gasteiger charge is 2.34. The summed E-state index contributed by atoms with van der Waals surface area (Å²) in [4.78, 5) is 0. The molecule has 3 aromatic heterocycles. The van der Waals surface area contributed by atoms with Gasteiger partial charge in [0, 0.05) is 43.4 Å². The zero-order valence-electron chi connectivity index (χ0n) is 51.9. The fourth-order valence-corrected chi connectivity index (χ4v) is 13.4. The lowest BCUT2D eigenvalue weighted by molar-refractivity contribution is 0.590. The van der Waals surface area contributed by atoms with Gasteiger partial charge >= 0.3 is 0 Å². The van der Waals surface area contributed by atoms with E-state index >= 15 is 0 Å². The molecule has 4 heteroatoms. The van der Waals surface area contributed by atoms with Crippen molar-refractivity contribution in [3.8, 4) is 61.6 Å². The Labute approximate surface area is 506 Å². The van der Waals surface area contributed by atoms with Gasteiger partial charge in [-0.1, -0.05) is 241 Å². The first kappa shape index (κ1) is 54.6. The maximum Gasteiger partial charge on any atom is 0.0961 e. The van der Waals surface area contributed by atoms with E-state index in [0.29, 0.717) is 5.69 Å². The molecule has 0 fully saturated rings. The first-order chi connectivity index (χ1) is 41.1. The zero-order chi connectivity index (χ0) is 59.8. The average Bonchev–Trinajstić information content (AvgIpc) is 1.53.